The van der Waals surface area contributed by atoms with E-state index < -0.39 is 0 Å². The van der Waals surface area contributed by atoms with E-state index in [9.17, 15) is 4.79 Å². The van der Waals surface area contributed by atoms with E-state index in [1.54, 1.807) is 13.3 Å². The SMILES string of the molecule is COCCCNC(=O)c1ccc(-c2cc(-c3c(-c4cccc(C)n4)nc4ccccn34)ccn2)cc1. The van der Waals surface area contributed by atoms with E-state index in [4.69, 9.17) is 14.7 Å². The van der Waals surface area contributed by atoms with E-state index in [1.165, 1.54) is 0 Å². The van der Waals surface area contributed by atoms with E-state index in [0.717, 1.165) is 51.7 Å². The fraction of sp³-hybridized carbons (Fsp3) is 0.172. The number of nitrogens with one attached hydrogen (secondary N) is 1. The lowest BCUT2D eigenvalue weighted by molar-refractivity contribution is 0.0948. The number of nitrogens with zero attached hydrogens (tertiary/aromatic N) is 4. The van der Waals surface area contributed by atoms with Crippen molar-refractivity contribution in [1.29, 1.82) is 0 Å². The summed E-state index contributed by atoms with van der Waals surface area (Å²) in [5.74, 6) is -0.0969. The number of imidazole rings is 1. The van der Waals surface area contributed by atoms with Crippen LogP contribution >= 0.6 is 0 Å². The molecule has 0 unspecified atom stereocenters. The molecule has 1 amide bonds. The van der Waals surface area contributed by atoms with Crippen molar-refractivity contribution in [3.05, 3.63) is 96.4 Å². The summed E-state index contributed by atoms with van der Waals surface area (Å²) >= 11 is 0. The van der Waals surface area contributed by atoms with Crippen molar-refractivity contribution >= 4 is 11.6 Å². The number of benzene rings is 1. The largest absolute Gasteiger partial charge is 0.385 e. The monoisotopic (exact) mass is 477 g/mol. The third-order valence-corrected chi connectivity index (χ3v) is 5.95. The molecule has 5 rings (SSSR count). The number of carbonyl (C=O) groups is 1. The molecule has 0 saturated heterocycles. The zero-order valence-electron chi connectivity index (χ0n) is 20.3. The fourth-order valence-electron chi connectivity index (χ4n) is 4.17. The summed E-state index contributed by atoms with van der Waals surface area (Å²) in [5.41, 5.74) is 7.73. The molecular weight excluding hydrogens is 450 g/mol. The molecule has 180 valence electrons. The van der Waals surface area contributed by atoms with Crippen LogP contribution in [0.25, 0.3) is 39.5 Å². The molecule has 0 radical (unpaired) electrons. The van der Waals surface area contributed by atoms with Crippen molar-refractivity contribution in [3.8, 4) is 33.9 Å². The Balaban J connectivity index is 1.48. The molecule has 7 heteroatoms. The van der Waals surface area contributed by atoms with Gasteiger partial charge in [-0.05, 0) is 61.9 Å². The lowest BCUT2D eigenvalue weighted by Crippen LogP contribution is -2.25. The Hall–Kier alpha value is -4.36. The van der Waals surface area contributed by atoms with Crippen LogP contribution in [0.4, 0.5) is 0 Å². The van der Waals surface area contributed by atoms with Gasteiger partial charge < -0.3 is 10.1 Å². The lowest BCUT2D eigenvalue weighted by atomic mass is 10.0. The van der Waals surface area contributed by atoms with Crippen LogP contribution in [-0.2, 0) is 4.74 Å². The standard InChI is InChI=1S/C29H27N5O2/c1-20-7-5-8-24(32-20)27-28(34-17-4-3-9-26(34)33-27)23-14-16-30-25(19-23)21-10-12-22(13-11-21)29(35)31-15-6-18-36-2/h3-5,7-14,16-17,19H,6,15,18H2,1-2H3,(H,31,35). The predicted octanol–water partition coefficient (Wildman–Crippen LogP) is 5.20. The summed E-state index contributed by atoms with van der Waals surface area (Å²) in [6.45, 7) is 3.18. The Morgan fingerprint density at radius 1 is 0.944 bits per heavy atom. The quantitative estimate of drug-likeness (QED) is 0.311. The normalized spacial score (nSPS) is 11.1. The molecule has 7 nitrogen and oxygen atoms in total. The molecular formula is C29H27N5O2. The molecule has 1 aromatic carbocycles. The van der Waals surface area contributed by atoms with Crippen molar-refractivity contribution < 1.29 is 9.53 Å². The van der Waals surface area contributed by atoms with Gasteiger partial charge in [0, 0.05) is 55.0 Å². The molecule has 5 aromatic rings. The highest BCUT2D eigenvalue weighted by atomic mass is 16.5. The Kier molecular flexibility index (Phi) is 6.82. The molecule has 0 bridgehead atoms. The third-order valence-electron chi connectivity index (χ3n) is 5.95. The van der Waals surface area contributed by atoms with Gasteiger partial charge in [0.25, 0.3) is 5.91 Å². The molecule has 0 aliphatic heterocycles. The molecule has 1 N–H and O–H groups in total. The molecule has 0 aliphatic carbocycles. The minimum atomic E-state index is -0.0969. The first kappa shape index (κ1) is 23.4. The van der Waals surface area contributed by atoms with Gasteiger partial charge in [0.1, 0.15) is 11.3 Å². The topological polar surface area (TPSA) is 81.4 Å². The van der Waals surface area contributed by atoms with Gasteiger partial charge in [-0.1, -0.05) is 24.3 Å². The van der Waals surface area contributed by atoms with Crippen LogP contribution in [0.3, 0.4) is 0 Å². The number of fused-ring (bicyclic) bond motifs is 1. The predicted molar refractivity (Wildman–Crippen MR) is 141 cm³/mol. The molecule has 0 aliphatic rings. The van der Waals surface area contributed by atoms with Crippen molar-refractivity contribution in [2.75, 3.05) is 20.3 Å². The first-order valence-electron chi connectivity index (χ1n) is 11.9. The average molecular weight is 478 g/mol. The van der Waals surface area contributed by atoms with Crippen LogP contribution in [0, 0.1) is 6.92 Å². The van der Waals surface area contributed by atoms with Crippen LogP contribution in [0.2, 0.25) is 0 Å². The molecule has 0 spiro atoms. The van der Waals surface area contributed by atoms with Crippen LogP contribution in [0.15, 0.2) is 85.2 Å². The summed E-state index contributed by atoms with van der Waals surface area (Å²) in [4.78, 5) is 26.6. The smallest absolute Gasteiger partial charge is 0.251 e. The van der Waals surface area contributed by atoms with Gasteiger partial charge in [-0.15, -0.1) is 0 Å². The average Bonchev–Trinajstić information content (AvgIpc) is 3.31. The molecule has 4 heterocycles. The van der Waals surface area contributed by atoms with E-state index in [0.29, 0.717) is 18.7 Å². The fourth-order valence-corrected chi connectivity index (χ4v) is 4.17. The second-order valence-electron chi connectivity index (χ2n) is 8.51. The number of rotatable bonds is 8. The summed E-state index contributed by atoms with van der Waals surface area (Å²) < 4.78 is 7.10. The maximum atomic E-state index is 12.4. The number of aromatic nitrogens is 4. The molecule has 0 fully saturated rings. The van der Waals surface area contributed by atoms with Gasteiger partial charge in [0.05, 0.1) is 17.1 Å². The van der Waals surface area contributed by atoms with Crippen molar-refractivity contribution in [2.24, 2.45) is 0 Å². The van der Waals surface area contributed by atoms with Crippen molar-refractivity contribution in [2.45, 2.75) is 13.3 Å². The summed E-state index contributed by atoms with van der Waals surface area (Å²) in [7, 11) is 1.65. The van der Waals surface area contributed by atoms with Crippen LogP contribution < -0.4 is 5.32 Å². The van der Waals surface area contributed by atoms with Crippen molar-refractivity contribution in [1.82, 2.24) is 24.7 Å². The highest BCUT2D eigenvalue weighted by molar-refractivity contribution is 5.94. The van der Waals surface area contributed by atoms with Crippen LogP contribution in [0.5, 0.6) is 0 Å². The number of hydrogen-bond donors (Lipinski definition) is 1. The van der Waals surface area contributed by atoms with E-state index in [1.807, 2.05) is 79.9 Å². The summed E-state index contributed by atoms with van der Waals surface area (Å²) in [5, 5.41) is 2.91. The first-order chi connectivity index (χ1) is 17.6. The zero-order chi connectivity index (χ0) is 24.9. The minimum absolute atomic E-state index is 0.0969. The second-order valence-corrected chi connectivity index (χ2v) is 8.51. The minimum Gasteiger partial charge on any atom is -0.385 e. The zero-order valence-corrected chi connectivity index (χ0v) is 20.3. The Morgan fingerprint density at radius 3 is 2.61 bits per heavy atom. The maximum absolute atomic E-state index is 12.4. The van der Waals surface area contributed by atoms with Gasteiger partial charge in [0.15, 0.2) is 0 Å². The maximum Gasteiger partial charge on any atom is 0.251 e. The first-order valence-corrected chi connectivity index (χ1v) is 11.9. The Bertz CT molecular complexity index is 1510. The molecule has 4 aromatic heterocycles. The second kappa shape index (κ2) is 10.5. The summed E-state index contributed by atoms with van der Waals surface area (Å²) in [6, 6.07) is 23.5. The van der Waals surface area contributed by atoms with Gasteiger partial charge in [0.2, 0.25) is 0 Å². The van der Waals surface area contributed by atoms with Gasteiger partial charge in [-0.2, -0.15) is 0 Å². The Morgan fingerprint density at radius 2 is 1.81 bits per heavy atom. The van der Waals surface area contributed by atoms with Gasteiger partial charge >= 0.3 is 0 Å². The number of amides is 1. The molecule has 36 heavy (non-hydrogen) atoms. The number of hydrogen-bond acceptors (Lipinski definition) is 5. The highest BCUT2D eigenvalue weighted by Gasteiger charge is 2.18. The number of carbonyl (C=O) groups excluding carboxylic acids is 1. The number of methoxy groups -OCH3 is 1. The molecule has 0 atom stereocenters. The number of pyridine rings is 3. The molecule has 0 saturated carbocycles. The summed E-state index contributed by atoms with van der Waals surface area (Å²) in [6.07, 6.45) is 4.59. The number of aryl methyl sites for hydroxylation is 1. The van der Waals surface area contributed by atoms with Crippen molar-refractivity contribution in [3.63, 3.8) is 0 Å². The van der Waals surface area contributed by atoms with Crippen LogP contribution in [0.1, 0.15) is 22.5 Å². The van der Waals surface area contributed by atoms with E-state index >= 15 is 0 Å². The number of ether oxygens (including phenoxy) is 1. The Labute approximate surface area is 209 Å². The van der Waals surface area contributed by atoms with E-state index in [2.05, 4.69) is 20.8 Å². The van der Waals surface area contributed by atoms with Gasteiger partial charge in [-0.25, -0.2) is 4.98 Å². The third kappa shape index (κ3) is 4.87. The highest BCUT2D eigenvalue weighted by Crippen LogP contribution is 2.33. The van der Waals surface area contributed by atoms with Gasteiger partial charge in [-0.3, -0.25) is 19.2 Å². The van der Waals surface area contributed by atoms with Crippen LogP contribution in [-0.4, -0.2) is 45.5 Å². The van der Waals surface area contributed by atoms with E-state index in [-0.39, 0.29) is 5.91 Å². The lowest BCUT2D eigenvalue weighted by Gasteiger charge is -2.09.